The number of aromatic nitrogens is 2. The molecule has 13 nitrogen and oxygen atoms in total. The van der Waals surface area contributed by atoms with E-state index < -0.39 is 10.2 Å². The molecule has 0 aromatic carbocycles. The van der Waals surface area contributed by atoms with Gasteiger partial charge in [0.05, 0.1) is 10.2 Å². The lowest BCUT2D eigenvalue weighted by atomic mass is 10.6. The van der Waals surface area contributed by atoms with Crippen molar-refractivity contribution in [2.45, 2.75) is 0 Å². The average molecular weight is 239 g/mol. The second kappa shape index (κ2) is 8.91. The number of anilines is 1. The van der Waals surface area contributed by atoms with E-state index in [1.165, 1.54) is 0 Å². The first kappa shape index (κ1) is 15.8. The summed E-state index contributed by atoms with van der Waals surface area (Å²) in [5.74, 6) is 6.57. The largest absolute Gasteiger partial charge is 0.356 e. The fraction of sp³-hybridized carbons (Fsp3) is 0. The van der Waals surface area contributed by atoms with E-state index in [-0.39, 0.29) is 0 Å². The van der Waals surface area contributed by atoms with E-state index in [4.69, 9.17) is 36.5 Å². The first-order valence-corrected chi connectivity index (χ1v) is 3.32. The number of rotatable bonds is 1. The van der Waals surface area contributed by atoms with Gasteiger partial charge in [-0.3, -0.25) is 0 Å². The summed E-state index contributed by atoms with van der Waals surface area (Å²) in [6, 6.07) is 1.76. The highest BCUT2D eigenvalue weighted by molar-refractivity contribution is 5.32. The van der Waals surface area contributed by atoms with Crippen molar-refractivity contribution in [3.63, 3.8) is 0 Å². The average Bonchev–Trinajstić information content (AvgIpc) is 2.49. The number of hydrazine groups is 1. The lowest BCUT2D eigenvalue weighted by Crippen LogP contribution is -2.41. The van der Waals surface area contributed by atoms with E-state index >= 15 is 0 Å². The minimum Gasteiger partial charge on any atom is -0.356 e. The summed E-state index contributed by atoms with van der Waals surface area (Å²) >= 11 is 0. The van der Waals surface area contributed by atoms with E-state index in [0.29, 0.717) is 0 Å². The van der Waals surface area contributed by atoms with E-state index in [1.54, 1.807) is 6.07 Å². The van der Waals surface area contributed by atoms with Gasteiger partial charge in [-0.2, -0.15) is 21.5 Å². The molecule has 8 N–H and O–H groups in total. The molecule has 0 amide bonds. The van der Waals surface area contributed by atoms with Gasteiger partial charge in [0.2, 0.25) is 5.82 Å². The molecule has 16 heavy (non-hydrogen) atoms. The molecule has 0 unspecified atom stereocenters. The lowest BCUT2D eigenvalue weighted by molar-refractivity contribution is -0.444. The van der Waals surface area contributed by atoms with Crippen molar-refractivity contribution in [3.8, 4) is 0 Å². The van der Waals surface area contributed by atoms with E-state index in [1.807, 2.05) is 0 Å². The monoisotopic (exact) mass is 239 g/mol. The van der Waals surface area contributed by atoms with E-state index in [2.05, 4.69) is 21.4 Å². The molecule has 0 spiro atoms. The second-order valence-corrected chi connectivity index (χ2v) is 1.92. The van der Waals surface area contributed by atoms with Gasteiger partial charge in [-0.05, 0) is 0 Å². The van der Waals surface area contributed by atoms with Gasteiger partial charge in [-0.1, -0.05) is 0 Å². The van der Waals surface area contributed by atoms with Crippen LogP contribution >= 0.6 is 0 Å². The molecule has 0 aliphatic rings. The van der Waals surface area contributed by atoms with Gasteiger partial charge in [-0.25, -0.2) is 0 Å². The molecule has 0 radical (unpaired) electrons. The summed E-state index contributed by atoms with van der Waals surface area (Å²) in [5, 5.41) is 35.0. The predicted octanol–water partition coefficient (Wildman–Crippen LogP) is -2.49. The maximum atomic E-state index is 8.25. The van der Waals surface area contributed by atoms with Gasteiger partial charge < -0.3 is 36.4 Å². The normalized spacial score (nSPS) is 7.62. The van der Waals surface area contributed by atoms with Crippen molar-refractivity contribution in [3.05, 3.63) is 36.7 Å². The third-order valence-electron chi connectivity index (χ3n) is 0.832. The highest BCUT2D eigenvalue weighted by Gasteiger charge is 2.00. The Labute approximate surface area is 86.8 Å². The number of nitrogens with one attached hydrogen (secondary N) is 3. The molecule has 92 valence electrons. The Morgan fingerprint density at radius 1 is 1.31 bits per heavy atom. The molecule has 0 aliphatic carbocycles. The van der Waals surface area contributed by atoms with Gasteiger partial charge >= 0.3 is 5.82 Å². The van der Waals surface area contributed by atoms with Crippen LogP contribution in [0.3, 0.4) is 0 Å². The molecule has 0 fully saturated rings. The maximum absolute atomic E-state index is 8.25. The summed E-state index contributed by atoms with van der Waals surface area (Å²) in [7, 11) is 0. The number of hydrogen-bond acceptors (Lipinski definition) is 8. The predicted molar refractivity (Wildman–Crippen MR) is 48.4 cm³/mol. The van der Waals surface area contributed by atoms with Gasteiger partial charge in [-0.15, -0.1) is 0 Å². The lowest BCUT2D eigenvalue weighted by Gasteiger charge is -1.74. The molecule has 0 aliphatic heterocycles. The van der Waals surface area contributed by atoms with Crippen LogP contribution in [0, 0.1) is 30.6 Å². The van der Waals surface area contributed by atoms with Crippen LogP contribution in [0.5, 0.6) is 0 Å². The van der Waals surface area contributed by atoms with Gasteiger partial charge in [0.15, 0.2) is 0 Å². The SMILES string of the molecule is NNc1cc([NH3+])[nH][nH+]1.O=[N+]([O-])[O-].O=[N+]([O-])[O-]. The Kier molecular flexibility index (Phi) is 8.79. The number of H-pyrrole nitrogens is 2. The van der Waals surface area contributed by atoms with Crippen LogP contribution in [0.15, 0.2) is 6.07 Å². The first-order chi connectivity index (χ1) is 7.29. The maximum Gasteiger partial charge on any atom is 0.316 e. The number of hydrogen-bond donors (Lipinski definition) is 4. The molecule has 1 rings (SSSR count). The number of nitrogens with zero attached hydrogens (tertiary/aromatic N) is 2. The standard InChI is InChI=1S/C3H7N5.2NO3/c4-2-1-3(6-5)8-7-2;2*2-1(3)4/h1H,5H2,(H4,4,6,7,8);;/q;2*-1/p+2. The fourth-order valence-corrected chi connectivity index (χ4v) is 0.472. The summed E-state index contributed by atoms with van der Waals surface area (Å²) in [4.78, 5) is 16.5. The van der Waals surface area contributed by atoms with Crippen molar-refractivity contribution in [1.82, 2.24) is 5.10 Å². The molecule has 0 saturated carbocycles. The Morgan fingerprint density at radius 2 is 1.69 bits per heavy atom. The van der Waals surface area contributed by atoms with Crippen LogP contribution in [0.25, 0.3) is 0 Å². The molecule has 0 saturated heterocycles. The molecule has 1 aromatic heterocycles. The molecular weight excluding hydrogens is 230 g/mol. The van der Waals surface area contributed by atoms with Crippen molar-refractivity contribution in [1.29, 1.82) is 0 Å². The van der Waals surface area contributed by atoms with Crippen molar-refractivity contribution >= 4 is 11.6 Å². The molecule has 1 aromatic rings. The minimum absolute atomic E-state index is 0.731. The van der Waals surface area contributed by atoms with E-state index in [9.17, 15) is 0 Å². The first-order valence-electron chi connectivity index (χ1n) is 3.32. The van der Waals surface area contributed by atoms with Crippen LogP contribution in [-0.4, -0.2) is 15.3 Å². The minimum atomic E-state index is -1.75. The number of aromatic amines is 2. The van der Waals surface area contributed by atoms with Gasteiger partial charge in [0, 0.05) is 0 Å². The molecule has 1 heterocycles. The quantitative estimate of drug-likeness (QED) is 0.232. The third kappa shape index (κ3) is 17.4. The highest BCUT2D eigenvalue weighted by atomic mass is 16.9. The van der Waals surface area contributed by atoms with E-state index in [0.717, 1.165) is 11.6 Å². The van der Waals surface area contributed by atoms with Crippen LogP contribution in [0.1, 0.15) is 0 Å². The second-order valence-electron chi connectivity index (χ2n) is 1.92. The summed E-state index contributed by atoms with van der Waals surface area (Å²) in [6.07, 6.45) is 0. The Hall–Kier alpha value is -2.67. The zero-order chi connectivity index (χ0) is 13.1. The fourth-order valence-electron chi connectivity index (χ4n) is 0.472. The zero-order valence-corrected chi connectivity index (χ0v) is 7.71. The summed E-state index contributed by atoms with van der Waals surface area (Å²) in [6.45, 7) is 0. The third-order valence-corrected chi connectivity index (χ3v) is 0.832. The number of nitrogens with two attached hydrogens (primary N) is 1. The van der Waals surface area contributed by atoms with Crippen molar-refractivity contribution < 1.29 is 21.0 Å². The van der Waals surface area contributed by atoms with Crippen LogP contribution in [0.4, 0.5) is 11.6 Å². The molecular formula is C3H9N7O6. The van der Waals surface area contributed by atoms with Gasteiger partial charge in [0.25, 0.3) is 0 Å². The van der Waals surface area contributed by atoms with Crippen LogP contribution in [0.2, 0.25) is 0 Å². The smallest absolute Gasteiger partial charge is 0.316 e. The zero-order valence-electron chi connectivity index (χ0n) is 7.71. The van der Waals surface area contributed by atoms with Crippen molar-refractivity contribution in [2.24, 2.45) is 5.84 Å². The summed E-state index contributed by atoms with van der Waals surface area (Å²) < 4.78 is 0. The number of nitrogen functional groups attached to an aromatic ring is 1. The van der Waals surface area contributed by atoms with Crippen LogP contribution in [-0.2, 0) is 0 Å². The molecule has 0 atom stereocenters. The van der Waals surface area contributed by atoms with Crippen molar-refractivity contribution in [2.75, 3.05) is 5.43 Å². The Morgan fingerprint density at radius 3 is 1.81 bits per heavy atom. The molecule has 13 heteroatoms. The Balaban J connectivity index is 0. The van der Waals surface area contributed by atoms with Crippen LogP contribution < -0.4 is 22.1 Å². The Bertz CT molecular complexity index is 304. The van der Waals surface area contributed by atoms with Gasteiger partial charge in [0.1, 0.15) is 6.07 Å². The number of quaternary nitrogens is 1. The summed E-state index contributed by atoms with van der Waals surface area (Å²) in [5.41, 5.74) is 6.03. The topological polar surface area (TPSA) is 228 Å². The molecule has 0 bridgehead atoms. The highest BCUT2D eigenvalue weighted by Crippen LogP contribution is 1.95.